The van der Waals surface area contributed by atoms with Crippen molar-refractivity contribution in [3.63, 3.8) is 0 Å². The maximum absolute atomic E-state index is 9.17. The van der Waals surface area contributed by atoms with Crippen molar-refractivity contribution in [2.24, 2.45) is 5.92 Å². The first-order chi connectivity index (χ1) is 5.66. The van der Waals surface area contributed by atoms with Gasteiger partial charge in [-0.05, 0) is 25.0 Å². The summed E-state index contributed by atoms with van der Waals surface area (Å²) in [6.07, 6.45) is 2.02. The molecule has 68 valence electrons. The normalized spacial score (nSPS) is 13.8. The van der Waals surface area contributed by atoms with Gasteiger partial charge in [-0.3, -0.25) is 0 Å². The van der Waals surface area contributed by atoms with Crippen molar-refractivity contribution in [2.45, 2.75) is 26.8 Å². The van der Waals surface area contributed by atoms with E-state index in [1.165, 1.54) is 5.69 Å². The molecule has 0 radical (unpaired) electrons. The average Bonchev–Trinajstić information content (AvgIpc) is 2.38. The fraction of sp³-hybridized carbons (Fsp3) is 0.600. The van der Waals surface area contributed by atoms with Crippen molar-refractivity contribution in [1.29, 1.82) is 0 Å². The third kappa shape index (κ3) is 1.69. The lowest BCUT2D eigenvalue weighted by atomic mass is 10.1. The minimum atomic E-state index is 0.215. The zero-order valence-corrected chi connectivity index (χ0v) is 7.99. The highest BCUT2D eigenvalue weighted by atomic mass is 16.3. The molecule has 1 N–H and O–H groups in total. The molecule has 0 aromatic carbocycles. The highest BCUT2D eigenvalue weighted by molar-refractivity contribution is 5.06. The Labute approximate surface area is 73.8 Å². The molecule has 0 aliphatic carbocycles. The van der Waals surface area contributed by atoms with E-state index in [1.807, 2.05) is 12.3 Å². The lowest BCUT2D eigenvalue weighted by molar-refractivity contribution is 0.191. The molecule has 1 aromatic rings. The summed E-state index contributed by atoms with van der Waals surface area (Å²) in [7, 11) is 0. The van der Waals surface area contributed by atoms with E-state index in [9.17, 15) is 5.11 Å². The van der Waals surface area contributed by atoms with Gasteiger partial charge in [0.15, 0.2) is 0 Å². The van der Waals surface area contributed by atoms with E-state index in [4.69, 9.17) is 0 Å². The lowest BCUT2D eigenvalue weighted by Crippen LogP contribution is -2.19. The van der Waals surface area contributed by atoms with Crippen molar-refractivity contribution < 1.29 is 5.11 Å². The first kappa shape index (κ1) is 9.33. The first-order valence-corrected chi connectivity index (χ1v) is 4.41. The number of aryl methyl sites for hydroxylation is 1. The van der Waals surface area contributed by atoms with Crippen LogP contribution in [0.5, 0.6) is 0 Å². The molecule has 0 saturated carbocycles. The van der Waals surface area contributed by atoms with E-state index in [0.717, 1.165) is 0 Å². The maximum atomic E-state index is 9.17. The molecule has 0 aliphatic heterocycles. The Morgan fingerprint density at radius 1 is 1.50 bits per heavy atom. The van der Waals surface area contributed by atoms with Crippen LogP contribution in [0.1, 0.15) is 25.6 Å². The molecule has 2 heteroatoms. The summed E-state index contributed by atoms with van der Waals surface area (Å²) in [5.74, 6) is 0.473. The van der Waals surface area contributed by atoms with E-state index in [-0.39, 0.29) is 12.6 Å². The summed E-state index contributed by atoms with van der Waals surface area (Å²) >= 11 is 0. The minimum Gasteiger partial charge on any atom is -0.394 e. The lowest BCUT2D eigenvalue weighted by Gasteiger charge is -2.21. The van der Waals surface area contributed by atoms with Crippen LogP contribution in [0.3, 0.4) is 0 Å². The monoisotopic (exact) mass is 167 g/mol. The van der Waals surface area contributed by atoms with Gasteiger partial charge in [0.25, 0.3) is 0 Å². The van der Waals surface area contributed by atoms with Crippen LogP contribution < -0.4 is 0 Å². The number of aliphatic hydroxyl groups excluding tert-OH is 1. The van der Waals surface area contributed by atoms with E-state index in [1.54, 1.807) is 0 Å². The van der Waals surface area contributed by atoms with Gasteiger partial charge in [-0.15, -0.1) is 0 Å². The Kier molecular flexibility index (Phi) is 2.93. The van der Waals surface area contributed by atoms with Crippen LogP contribution in [0.4, 0.5) is 0 Å². The molecular weight excluding hydrogens is 150 g/mol. The molecule has 0 amide bonds. The molecule has 0 unspecified atom stereocenters. The Morgan fingerprint density at radius 3 is 2.50 bits per heavy atom. The van der Waals surface area contributed by atoms with Crippen LogP contribution in [0.2, 0.25) is 0 Å². The van der Waals surface area contributed by atoms with Crippen LogP contribution in [0.25, 0.3) is 0 Å². The Morgan fingerprint density at radius 2 is 2.17 bits per heavy atom. The summed E-state index contributed by atoms with van der Waals surface area (Å²) in [5.41, 5.74) is 1.21. The molecule has 1 atom stereocenters. The largest absolute Gasteiger partial charge is 0.394 e. The molecule has 1 heterocycles. The van der Waals surface area contributed by atoms with Crippen molar-refractivity contribution >= 4 is 0 Å². The van der Waals surface area contributed by atoms with Crippen LogP contribution in [-0.2, 0) is 0 Å². The second kappa shape index (κ2) is 3.76. The fourth-order valence-corrected chi connectivity index (χ4v) is 1.47. The summed E-state index contributed by atoms with van der Waals surface area (Å²) in [5, 5.41) is 9.17. The van der Waals surface area contributed by atoms with Crippen LogP contribution in [0, 0.1) is 12.8 Å². The van der Waals surface area contributed by atoms with Crippen LogP contribution in [-0.4, -0.2) is 16.3 Å². The highest BCUT2D eigenvalue weighted by Gasteiger charge is 2.14. The van der Waals surface area contributed by atoms with Gasteiger partial charge in [0, 0.05) is 11.9 Å². The van der Waals surface area contributed by atoms with Gasteiger partial charge in [-0.1, -0.05) is 13.8 Å². The van der Waals surface area contributed by atoms with Crippen LogP contribution in [0.15, 0.2) is 18.3 Å². The van der Waals surface area contributed by atoms with Gasteiger partial charge in [0.05, 0.1) is 12.6 Å². The topological polar surface area (TPSA) is 25.2 Å². The number of hydrogen-bond acceptors (Lipinski definition) is 1. The van der Waals surface area contributed by atoms with E-state index in [2.05, 4.69) is 31.4 Å². The summed E-state index contributed by atoms with van der Waals surface area (Å²) in [4.78, 5) is 0. The number of nitrogens with zero attached hydrogens (tertiary/aromatic N) is 1. The van der Waals surface area contributed by atoms with Crippen molar-refractivity contribution in [1.82, 2.24) is 4.57 Å². The third-order valence-electron chi connectivity index (χ3n) is 2.31. The molecular formula is C10H17NO. The van der Waals surface area contributed by atoms with Gasteiger partial charge < -0.3 is 9.67 Å². The average molecular weight is 167 g/mol. The molecule has 2 nitrogen and oxygen atoms in total. The SMILES string of the molecule is Cc1cccn1[C@H](CO)C(C)C. The smallest absolute Gasteiger partial charge is 0.0641 e. The summed E-state index contributed by atoms with van der Waals surface area (Å²) < 4.78 is 2.13. The second-order valence-corrected chi connectivity index (χ2v) is 3.55. The predicted molar refractivity (Wildman–Crippen MR) is 50.1 cm³/mol. The number of aliphatic hydroxyl groups is 1. The van der Waals surface area contributed by atoms with Crippen LogP contribution >= 0.6 is 0 Å². The van der Waals surface area contributed by atoms with Gasteiger partial charge in [-0.25, -0.2) is 0 Å². The Balaban J connectivity index is 2.87. The molecule has 0 fully saturated rings. The quantitative estimate of drug-likeness (QED) is 0.731. The fourth-order valence-electron chi connectivity index (χ4n) is 1.47. The van der Waals surface area contributed by atoms with E-state index < -0.39 is 0 Å². The summed E-state index contributed by atoms with van der Waals surface area (Å²) in [6.45, 7) is 6.53. The Bertz CT molecular complexity index is 240. The molecule has 0 spiro atoms. The van der Waals surface area contributed by atoms with Gasteiger partial charge in [0.1, 0.15) is 0 Å². The van der Waals surface area contributed by atoms with Gasteiger partial charge >= 0.3 is 0 Å². The zero-order valence-electron chi connectivity index (χ0n) is 7.99. The number of rotatable bonds is 3. The molecule has 0 saturated heterocycles. The third-order valence-corrected chi connectivity index (χ3v) is 2.31. The molecule has 0 bridgehead atoms. The van der Waals surface area contributed by atoms with Crippen molar-refractivity contribution in [3.8, 4) is 0 Å². The van der Waals surface area contributed by atoms with E-state index >= 15 is 0 Å². The van der Waals surface area contributed by atoms with Gasteiger partial charge in [0.2, 0.25) is 0 Å². The zero-order chi connectivity index (χ0) is 9.14. The Hall–Kier alpha value is -0.760. The molecule has 1 aromatic heterocycles. The van der Waals surface area contributed by atoms with E-state index in [0.29, 0.717) is 5.92 Å². The first-order valence-electron chi connectivity index (χ1n) is 4.41. The van der Waals surface area contributed by atoms with Crippen molar-refractivity contribution in [3.05, 3.63) is 24.0 Å². The van der Waals surface area contributed by atoms with Crippen molar-refractivity contribution in [2.75, 3.05) is 6.61 Å². The maximum Gasteiger partial charge on any atom is 0.0641 e. The molecule has 0 aliphatic rings. The number of hydrogen-bond donors (Lipinski definition) is 1. The standard InChI is InChI=1S/C10H17NO/c1-8(2)10(7-12)11-6-4-5-9(11)3/h4-6,8,10,12H,7H2,1-3H3/t10-/m1/s1. The van der Waals surface area contributed by atoms with Gasteiger partial charge in [-0.2, -0.15) is 0 Å². The number of aromatic nitrogens is 1. The second-order valence-electron chi connectivity index (χ2n) is 3.55. The highest BCUT2D eigenvalue weighted by Crippen LogP contribution is 2.18. The summed E-state index contributed by atoms with van der Waals surface area (Å²) in [6, 6.07) is 4.30. The molecule has 1 rings (SSSR count). The minimum absolute atomic E-state index is 0.215. The predicted octanol–water partition coefficient (Wildman–Crippen LogP) is 1.99. The molecule has 12 heavy (non-hydrogen) atoms.